The van der Waals surface area contributed by atoms with Crippen LogP contribution in [0.2, 0.25) is 0 Å². The molecule has 1 unspecified atom stereocenters. The van der Waals surface area contributed by atoms with Crippen molar-refractivity contribution in [2.45, 2.75) is 17.7 Å². The van der Waals surface area contributed by atoms with Gasteiger partial charge >= 0.3 is 5.69 Å². The summed E-state index contributed by atoms with van der Waals surface area (Å²) in [4.78, 5) is 24.0. The number of benzene rings is 1. The van der Waals surface area contributed by atoms with Gasteiger partial charge in [0.1, 0.15) is 10.6 Å². The molecule has 0 saturated carbocycles. The first-order valence-electron chi connectivity index (χ1n) is 7.19. The largest absolute Gasteiger partial charge is 0.365 e. The van der Waals surface area contributed by atoms with Gasteiger partial charge in [-0.05, 0) is 25.0 Å². The van der Waals surface area contributed by atoms with E-state index in [9.17, 15) is 23.3 Å². The fourth-order valence-electron chi connectivity index (χ4n) is 2.86. The molecule has 0 radical (unpaired) electrons. The maximum Gasteiger partial charge on any atom is 0.311 e. The molecule has 0 aromatic heterocycles. The van der Waals surface area contributed by atoms with E-state index in [1.165, 1.54) is 18.2 Å². The van der Waals surface area contributed by atoms with E-state index >= 15 is 0 Å². The second-order valence-corrected chi connectivity index (χ2v) is 7.54. The summed E-state index contributed by atoms with van der Waals surface area (Å²) in [5, 5.41) is 14.0. The lowest BCUT2D eigenvalue weighted by Crippen LogP contribution is -2.42. The highest BCUT2D eigenvalue weighted by Crippen LogP contribution is 2.36. The molecule has 1 aromatic rings. The maximum atomic E-state index is 11.8. The number of hydrogen-bond donors (Lipinski definition) is 1. The van der Waals surface area contributed by atoms with Gasteiger partial charge in [0.05, 0.1) is 10.8 Å². The summed E-state index contributed by atoms with van der Waals surface area (Å²) in [6, 6.07) is 4.25. The minimum absolute atomic E-state index is 0.114. The molecule has 1 aromatic carbocycles. The zero-order valence-electron chi connectivity index (χ0n) is 13.0. The van der Waals surface area contributed by atoms with Crippen LogP contribution < -0.4 is 10.2 Å². The van der Waals surface area contributed by atoms with Gasteiger partial charge in [-0.25, -0.2) is 8.42 Å². The summed E-state index contributed by atoms with van der Waals surface area (Å²) in [6.45, 7) is 0.870. The maximum absolute atomic E-state index is 11.8. The minimum Gasteiger partial charge on any atom is -0.365 e. The van der Waals surface area contributed by atoms with Gasteiger partial charge < -0.3 is 10.2 Å². The van der Waals surface area contributed by atoms with Gasteiger partial charge in [-0.2, -0.15) is 0 Å². The van der Waals surface area contributed by atoms with E-state index in [2.05, 4.69) is 5.32 Å². The number of para-hydroxylation sites is 1. The van der Waals surface area contributed by atoms with Crippen molar-refractivity contribution in [3.63, 3.8) is 0 Å². The van der Waals surface area contributed by atoms with E-state index < -0.39 is 20.4 Å². The van der Waals surface area contributed by atoms with Crippen molar-refractivity contribution >= 4 is 27.1 Å². The molecule has 1 saturated heterocycles. The normalized spacial score (nSPS) is 18.5. The molecule has 2 rings (SSSR count). The van der Waals surface area contributed by atoms with Crippen LogP contribution in [0.5, 0.6) is 0 Å². The van der Waals surface area contributed by atoms with Crippen molar-refractivity contribution < 1.29 is 18.1 Å². The molecule has 0 bridgehead atoms. The highest BCUT2D eigenvalue weighted by Gasteiger charge is 2.32. The summed E-state index contributed by atoms with van der Waals surface area (Å²) in [6.07, 6.45) is 2.36. The number of piperidine rings is 1. The molecule has 0 aliphatic carbocycles. The van der Waals surface area contributed by atoms with Crippen molar-refractivity contribution in [1.82, 2.24) is 5.32 Å². The Morgan fingerprint density at radius 2 is 2.13 bits per heavy atom. The molecule has 1 fully saturated rings. The molecule has 1 amide bonds. The summed E-state index contributed by atoms with van der Waals surface area (Å²) >= 11 is 0. The molecule has 1 atom stereocenters. The van der Waals surface area contributed by atoms with Crippen LogP contribution in [0.4, 0.5) is 11.4 Å². The Morgan fingerprint density at radius 1 is 1.43 bits per heavy atom. The van der Waals surface area contributed by atoms with E-state index in [1.807, 2.05) is 0 Å². The van der Waals surface area contributed by atoms with Crippen LogP contribution >= 0.6 is 0 Å². The first-order chi connectivity index (χ1) is 10.8. The van der Waals surface area contributed by atoms with Gasteiger partial charge in [-0.3, -0.25) is 14.9 Å². The SMILES string of the molecule is CNC(=O)C1CCCN(c2cccc(S(C)(=O)=O)c2[N+](=O)[O-])C1. The predicted molar refractivity (Wildman–Crippen MR) is 85.2 cm³/mol. The first kappa shape index (κ1) is 17.2. The Morgan fingerprint density at radius 3 is 2.70 bits per heavy atom. The lowest BCUT2D eigenvalue weighted by atomic mass is 9.96. The molecule has 1 N–H and O–H groups in total. The lowest BCUT2D eigenvalue weighted by Gasteiger charge is -2.33. The highest BCUT2D eigenvalue weighted by molar-refractivity contribution is 7.90. The third kappa shape index (κ3) is 3.61. The molecule has 8 nitrogen and oxygen atoms in total. The molecule has 1 aliphatic rings. The van der Waals surface area contributed by atoms with Crippen LogP contribution in [0.15, 0.2) is 23.1 Å². The number of nitro benzene ring substituents is 1. The van der Waals surface area contributed by atoms with Gasteiger partial charge in [-0.1, -0.05) is 6.07 Å². The summed E-state index contributed by atoms with van der Waals surface area (Å²) in [7, 11) is -2.17. The Kier molecular flexibility index (Phi) is 4.88. The van der Waals surface area contributed by atoms with E-state index in [0.29, 0.717) is 25.9 Å². The monoisotopic (exact) mass is 341 g/mol. The number of nitrogens with zero attached hydrogens (tertiary/aromatic N) is 2. The van der Waals surface area contributed by atoms with Gasteiger partial charge in [0, 0.05) is 26.4 Å². The minimum atomic E-state index is -3.72. The van der Waals surface area contributed by atoms with Crippen LogP contribution in [0.3, 0.4) is 0 Å². The number of rotatable bonds is 4. The van der Waals surface area contributed by atoms with Crippen LogP contribution in [-0.2, 0) is 14.6 Å². The van der Waals surface area contributed by atoms with Crippen molar-refractivity contribution in [1.29, 1.82) is 0 Å². The van der Waals surface area contributed by atoms with Gasteiger partial charge in [0.15, 0.2) is 9.84 Å². The van der Waals surface area contributed by atoms with Crippen molar-refractivity contribution in [3.8, 4) is 0 Å². The molecule has 1 heterocycles. The Labute approximate surface area is 134 Å². The summed E-state index contributed by atoms with van der Waals surface area (Å²) in [5.74, 6) is -0.383. The average Bonchev–Trinajstić information content (AvgIpc) is 2.52. The standard InChI is InChI=1S/C14H19N3O5S/c1-15-14(18)10-5-4-8-16(9-10)11-6-3-7-12(23(2,21)22)13(11)17(19)20/h3,6-7,10H,4-5,8-9H2,1-2H3,(H,15,18). The smallest absolute Gasteiger partial charge is 0.311 e. The van der Waals surface area contributed by atoms with Crippen molar-refractivity contribution in [2.24, 2.45) is 5.92 Å². The van der Waals surface area contributed by atoms with Crippen LogP contribution in [0.25, 0.3) is 0 Å². The van der Waals surface area contributed by atoms with Crippen LogP contribution in [0, 0.1) is 16.0 Å². The molecular weight excluding hydrogens is 322 g/mol. The predicted octanol–water partition coefficient (Wildman–Crippen LogP) is 0.961. The number of carbonyl (C=O) groups excluding carboxylic acids is 1. The molecule has 126 valence electrons. The Hall–Kier alpha value is -2.16. The van der Waals surface area contributed by atoms with E-state index in [4.69, 9.17) is 0 Å². The van der Waals surface area contributed by atoms with E-state index in [0.717, 1.165) is 6.26 Å². The van der Waals surface area contributed by atoms with E-state index in [-0.39, 0.29) is 22.4 Å². The van der Waals surface area contributed by atoms with Crippen molar-refractivity contribution in [3.05, 3.63) is 28.3 Å². The Bertz CT molecular complexity index is 732. The molecule has 23 heavy (non-hydrogen) atoms. The fraction of sp³-hybridized carbons (Fsp3) is 0.500. The molecule has 0 spiro atoms. The average molecular weight is 341 g/mol. The summed E-state index contributed by atoms with van der Waals surface area (Å²) < 4.78 is 23.6. The zero-order chi connectivity index (χ0) is 17.2. The number of nitro groups is 1. The number of anilines is 1. The third-order valence-electron chi connectivity index (χ3n) is 3.94. The quantitative estimate of drug-likeness (QED) is 0.645. The number of hydrogen-bond acceptors (Lipinski definition) is 6. The van der Waals surface area contributed by atoms with E-state index in [1.54, 1.807) is 11.9 Å². The van der Waals surface area contributed by atoms with Gasteiger partial charge in [0.25, 0.3) is 0 Å². The number of sulfone groups is 1. The lowest BCUT2D eigenvalue weighted by molar-refractivity contribution is -0.387. The number of nitrogens with one attached hydrogen (secondary N) is 1. The molecular formula is C14H19N3O5S. The second kappa shape index (κ2) is 6.53. The zero-order valence-corrected chi connectivity index (χ0v) is 13.8. The molecule has 1 aliphatic heterocycles. The number of carbonyl (C=O) groups is 1. The van der Waals surface area contributed by atoms with Gasteiger partial charge in [-0.15, -0.1) is 0 Å². The van der Waals surface area contributed by atoms with Crippen LogP contribution in [-0.4, -0.2) is 45.6 Å². The third-order valence-corrected chi connectivity index (χ3v) is 5.07. The topological polar surface area (TPSA) is 110 Å². The second-order valence-electron chi connectivity index (χ2n) is 5.55. The summed E-state index contributed by atoms with van der Waals surface area (Å²) in [5.41, 5.74) is -0.181. The first-order valence-corrected chi connectivity index (χ1v) is 9.09. The van der Waals surface area contributed by atoms with Crippen LogP contribution in [0.1, 0.15) is 12.8 Å². The number of amides is 1. The fourth-order valence-corrected chi connectivity index (χ4v) is 3.72. The van der Waals surface area contributed by atoms with Crippen molar-refractivity contribution in [2.75, 3.05) is 31.3 Å². The van der Waals surface area contributed by atoms with Gasteiger partial charge in [0.2, 0.25) is 5.91 Å². The highest BCUT2D eigenvalue weighted by atomic mass is 32.2. The Balaban J connectivity index is 2.47. The molecule has 9 heteroatoms.